The van der Waals surface area contributed by atoms with E-state index in [-0.39, 0.29) is 44.4 Å². The van der Waals surface area contributed by atoms with E-state index < -0.39 is 30.0 Å². The van der Waals surface area contributed by atoms with Crippen molar-refractivity contribution in [1.82, 2.24) is 35.2 Å². The number of esters is 2. The van der Waals surface area contributed by atoms with Gasteiger partial charge in [0.05, 0.1) is 43.1 Å². The van der Waals surface area contributed by atoms with Gasteiger partial charge in [-0.2, -0.15) is 5.10 Å². The van der Waals surface area contributed by atoms with Gasteiger partial charge in [0.1, 0.15) is 24.7 Å². The summed E-state index contributed by atoms with van der Waals surface area (Å²) in [7, 11) is 1.55. The number of carbonyl (C=O) groups is 6. The number of carbonyl (C=O) groups excluding carboxylic acids is 6. The Labute approximate surface area is 436 Å². The summed E-state index contributed by atoms with van der Waals surface area (Å²) in [6.07, 6.45) is 5.58. The molecule has 398 valence electrons. The Balaban J connectivity index is 0.913. The van der Waals surface area contributed by atoms with E-state index in [1.807, 2.05) is 44.2 Å². The average Bonchev–Trinajstić information content (AvgIpc) is 4.24. The number of aromatic amines is 2. The topological polar surface area (TPSA) is 242 Å². The van der Waals surface area contributed by atoms with Crippen LogP contribution in [0.2, 0.25) is 0 Å². The molecule has 6 N–H and O–H groups in total. The van der Waals surface area contributed by atoms with Crippen LogP contribution in [0.25, 0.3) is 22.8 Å². The van der Waals surface area contributed by atoms with E-state index in [9.17, 15) is 28.8 Å². The van der Waals surface area contributed by atoms with Crippen LogP contribution in [0.4, 0.5) is 21.9 Å². The van der Waals surface area contributed by atoms with Gasteiger partial charge in [0.25, 0.3) is 11.8 Å². The molecule has 0 aliphatic carbocycles. The molecule has 20 nitrogen and oxygen atoms in total. The van der Waals surface area contributed by atoms with E-state index in [2.05, 4.69) is 60.1 Å². The minimum absolute atomic E-state index is 0.0271. The van der Waals surface area contributed by atoms with Gasteiger partial charge in [-0.1, -0.05) is 32.0 Å². The number of anilines is 3. The maximum Gasteiger partial charge on any atom is 0.347 e. The van der Waals surface area contributed by atoms with Crippen molar-refractivity contribution < 1.29 is 47.7 Å². The molecule has 20 heteroatoms. The maximum absolute atomic E-state index is 14.1. The summed E-state index contributed by atoms with van der Waals surface area (Å²) in [5, 5.41) is 18.5. The van der Waals surface area contributed by atoms with Crippen molar-refractivity contribution >= 4 is 64.4 Å². The third-order valence-corrected chi connectivity index (χ3v) is 13.2. The van der Waals surface area contributed by atoms with Gasteiger partial charge in [-0.25, -0.2) is 9.59 Å². The van der Waals surface area contributed by atoms with Gasteiger partial charge in [-0.15, -0.1) is 0 Å². The molecule has 0 saturated carbocycles. The number of nitrogens with one attached hydrogen (secondary N) is 6. The lowest BCUT2D eigenvalue weighted by Gasteiger charge is -2.25. The Morgan fingerprint density at radius 1 is 0.920 bits per heavy atom. The molecule has 5 aromatic rings. The molecule has 5 amide bonds. The van der Waals surface area contributed by atoms with Crippen LogP contribution in [0.3, 0.4) is 0 Å². The molecular weight excluding hydrogens is 961 g/mol. The fraction of sp³-hybridized carbons (Fsp3) is 0.400. The summed E-state index contributed by atoms with van der Waals surface area (Å²) in [4.78, 5) is 88.8. The smallest absolute Gasteiger partial charge is 0.347 e. The number of fused-ring (bicyclic) bond motifs is 1. The number of urea groups is 1. The Hall–Kier alpha value is -7.97. The SMILES string of the molecule is CCN(CC)CCNC(=O)c1c(C)[nH]c(/C=C2\C(=O)Nc3ccc(NC(=O)CCC(=O)OC(C)C(=O)OCCN(Cc4cccc(OC)c4)C(=O)Nc4ccc(-c5cn[nH]c5)cc4OCCN4CCCC4)cc32)c1C. The Morgan fingerprint density at radius 2 is 1.72 bits per heavy atom. The molecular formula is C55H68N10O10. The molecule has 1 unspecified atom stereocenters. The number of benzene rings is 3. The normalized spacial score (nSPS) is 14.0. The van der Waals surface area contributed by atoms with Crippen molar-refractivity contribution in [3.8, 4) is 22.6 Å². The molecule has 0 spiro atoms. The first kappa shape index (κ1) is 54.8. The number of methoxy groups -OCH3 is 1. The lowest BCUT2D eigenvalue weighted by Crippen LogP contribution is -2.38. The number of hydrogen-bond donors (Lipinski definition) is 6. The Bertz CT molecular complexity index is 2850. The quantitative estimate of drug-likeness (QED) is 0.0255. The first-order valence-corrected chi connectivity index (χ1v) is 25.4. The number of likely N-dealkylation sites (tertiary alicyclic amines) is 1. The number of aryl methyl sites for hydroxylation is 1. The molecule has 2 aliphatic heterocycles. The summed E-state index contributed by atoms with van der Waals surface area (Å²) in [6.45, 7) is 15.3. The zero-order chi connectivity index (χ0) is 53.4. The highest BCUT2D eigenvalue weighted by Crippen LogP contribution is 2.36. The van der Waals surface area contributed by atoms with Crippen LogP contribution in [0.15, 0.2) is 73.1 Å². The molecule has 7 rings (SSSR count). The van der Waals surface area contributed by atoms with Crippen molar-refractivity contribution in [3.05, 3.63) is 107 Å². The fourth-order valence-corrected chi connectivity index (χ4v) is 8.95. The van der Waals surface area contributed by atoms with Gasteiger partial charge >= 0.3 is 18.0 Å². The highest BCUT2D eigenvalue weighted by atomic mass is 16.6. The second-order valence-corrected chi connectivity index (χ2v) is 18.4. The highest BCUT2D eigenvalue weighted by molar-refractivity contribution is 6.35. The summed E-state index contributed by atoms with van der Waals surface area (Å²) in [6, 6.07) is 17.2. The molecule has 0 radical (unpaired) electrons. The van der Waals surface area contributed by atoms with Crippen molar-refractivity contribution in [2.45, 2.75) is 73.0 Å². The minimum atomic E-state index is -1.31. The monoisotopic (exact) mass is 1030 g/mol. The summed E-state index contributed by atoms with van der Waals surface area (Å²) < 4.78 is 22.5. The molecule has 0 bridgehead atoms. The van der Waals surface area contributed by atoms with Crippen LogP contribution < -0.4 is 30.7 Å². The van der Waals surface area contributed by atoms with E-state index >= 15 is 0 Å². The summed E-state index contributed by atoms with van der Waals surface area (Å²) in [5.74, 6) is -1.58. The van der Waals surface area contributed by atoms with Crippen LogP contribution in [0, 0.1) is 13.8 Å². The third kappa shape index (κ3) is 14.8. The van der Waals surface area contributed by atoms with Crippen LogP contribution in [-0.4, -0.2) is 144 Å². The van der Waals surface area contributed by atoms with Gasteiger partial charge in [-0.3, -0.25) is 29.2 Å². The second-order valence-electron chi connectivity index (χ2n) is 18.4. The predicted molar refractivity (Wildman–Crippen MR) is 285 cm³/mol. The van der Waals surface area contributed by atoms with Gasteiger partial charge in [0, 0.05) is 72.7 Å². The van der Waals surface area contributed by atoms with E-state index in [0.29, 0.717) is 75.4 Å². The number of ether oxygens (including phenoxy) is 4. The standard InChI is InChI=1S/C55H68N10O10/c1-7-63(8-2)23-20-56-53(69)51-35(3)47(59-36(51)4)31-44-43-30-41(15-17-45(43)61-52(44)68)60-49(66)18-19-50(67)75-37(5)54(70)74-27-25-65(34-38-12-11-13-42(28-38)72-6)55(71)62-46-16-14-39(40-32-57-58-33-40)29-48(46)73-26-24-64-21-9-10-22-64/h11-17,28-33,37,59H,7-10,18-27,34H2,1-6H3,(H,56,69)(H,57,58)(H,60,66)(H,61,68)(H,62,71)/b44-31-. The first-order chi connectivity index (χ1) is 36.2. The van der Waals surface area contributed by atoms with Crippen LogP contribution >= 0.6 is 0 Å². The predicted octanol–water partition coefficient (Wildman–Crippen LogP) is 7.00. The first-order valence-electron chi connectivity index (χ1n) is 25.4. The van der Waals surface area contributed by atoms with Crippen LogP contribution in [0.1, 0.15) is 84.9 Å². The van der Waals surface area contributed by atoms with Crippen LogP contribution in [0.5, 0.6) is 11.5 Å². The van der Waals surface area contributed by atoms with Crippen molar-refractivity contribution in [1.29, 1.82) is 0 Å². The second kappa shape index (κ2) is 26.3. The minimum Gasteiger partial charge on any atom is -0.497 e. The van der Waals surface area contributed by atoms with Crippen molar-refractivity contribution in [3.63, 3.8) is 0 Å². The van der Waals surface area contributed by atoms with Crippen molar-refractivity contribution in [2.24, 2.45) is 0 Å². The van der Waals surface area contributed by atoms with Crippen LogP contribution in [-0.2, 0) is 35.2 Å². The third-order valence-electron chi connectivity index (χ3n) is 13.2. The number of amides is 5. The molecule has 75 heavy (non-hydrogen) atoms. The number of likely N-dealkylation sites (N-methyl/N-ethyl adjacent to an activating group) is 1. The van der Waals surface area contributed by atoms with E-state index in [1.165, 1.54) is 11.8 Å². The lowest BCUT2D eigenvalue weighted by atomic mass is 10.0. The van der Waals surface area contributed by atoms with E-state index in [0.717, 1.165) is 68.8 Å². The number of aromatic nitrogens is 3. The molecule has 1 atom stereocenters. The Morgan fingerprint density at radius 3 is 2.47 bits per heavy atom. The molecule has 1 saturated heterocycles. The van der Waals surface area contributed by atoms with E-state index in [4.69, 9.17) is 18.9 Å². The van der Waals surface area contributed by atoms with Crippen molar-refractivity contribution in [2.75, 3.05) is 88.6 Å². The highest BCUT2D eigenvalue weighted by Gasteiger charge is 2.28. The molecule has 3 aromatic carbocycles. The van der Waals surface area contributed by atoms with Gasteiger partial charge in [-0.05, 0) is 125 Å². The molecule has 1 fully saturated rings. The summed E-state index contributed by atoms with van der Waals surface area (Å²) in [5.41, 5.74) is 7.24. The van der Waals surface area contributed by atoms with Gasteiger partial charge < -0.3 is 55.0 Å². The number of H-pyrrole nitrogens is 2. The zero-order valence-corrected chi connectivity index (χ0v) is 43.6. The van der Waals surface area contributed by atoms with Gasteiger partial charge in [0.2, 0.25) is 5.91 Å². The zero-order valence-electron chi connectivity index (χ0n) is 43.6. The number of nitrogens with zero attached hydrogens (tertiary/aromatic N) is 4. The molecule has 2 aliphatic rings. The fourth-order valence-electron chi connectivity index (χ4n) is 8.95. The lowest BCUT2D eigenvalue weighted by molar-refractivity contribution is -0.166. The summed E-state index contributed by atoms with van der Waals surface area (Å²) >= 11 is 0. The molecule has 4 heterocycles. The Kier molecular flexibility index (Phi) is 19.2. The van der Waals surface area contributed by atoms with Gasteiger partial charge in [0.15, 0.2) is 6.10 Å². The largest absolute Gasteiger partial charge is 0.497 e. The number of hydrogen-bond acceptors (Lipinski definition) is 13. The molecule has 2 aromatic heterocycles. The van der Waals surface area contributed by atoms with E-state index in [1.54, 1.807) is 55.9 Å². The average molecular weight is 1030 g/mol. The maximum atomic E-state index is 14.1. The number of rotatable bonds is 25.